The fourth-order valence-electron chi connectivity index (χ4n) is 1.81. The van der Waals surface area contributed by atoms with Crippen molar-refractivity contribution in [3.8, 4) is 5.75 Å². The molecule has 0 bridgehead atoms. The average molecular weight is 291 g/mol. The topological polar surface area (TPSA) is 58.6 Å². The summed E-state index contributed by atoms with van der Waals surface area (Å²) in [5.74, 6) is 0.798. The Morgan fingerprint density at radius 2 is 2.10 bits per heavy atom. The number of benzene rings is 1. The number of para-hydroxylation sites is 1. The lowest BCUT2D eigenvalue weighted by Crippen LogP contribution is -2.27. The van der Waals surface area contributed by atoms with Crippen molar-refractivity contribution in [2.75, 3.05) is 13.2 Å². The zero-order valence-corrected chi connectivity index (χ0v) is 13.0. The fourth-order valence-corrected chi connectivity index (χ4v) is 1.81. The Kier molecular flexibility index (Phi) is 7.54. The van der Waals surface area contributed by atoms with Gasteiger partial charge >= 0.3 is 0 Å². The Morgan fingerprint density at radius 3 is 2.76 bits per heavy atom. The molecule has 1 aromatic carbocycles. The summed E-state index contributed by atoms with van der Waals surface area (Å²) in [4.78, 5) is 11.7. The summed E-state index contributed by atoms with van der Waals surface area (Å²) < 4.78 is 5.49. The molecule has 0 saturated heterocycles. The van der Waals surface area contributed by atoms with Crippen LogP contribution in [0.1, 0.15) is 32.8 Å². The summed E-state index contributed by atoms with van der Waals surface area (Å²) in [6.45, 7) is 6.89. The first kappa shape index (κ1) is 17.2. The van der Waals surface area contributed by atoms with Gasteiger partial charge in [0.25, 0.3) is 0 Å². The highest BCUT2D eigenvalue weighted by molar-refractivity contribution is 5.92. The lowest BCUT2D eigenvalue weighted by atomic mass is 10.0. The van der Waals surface area contributed by atoms with Crippen LogP contribution in [-0.2, 0) is 4.79 Å². The zero-order valence-electron chi connectivity index (χ0n) is 13.0. The number of ether oxygens (including phenoxy) is 1. The first-order valence-corrected chi connectivity index (χ1v) is 7.40. The van der Waals surface area contributed by atoms with Crippen LogP contribution in [0.25, 0.3) is 6.08 Å². The molecule has 1 atom stereocenters. The van der Waals surface area contributed by atoms with E-state index in [1.54, 1.807) is 6.08 Å². The van der Waals surface area contributed by atoms with Gasteiger partial charge < -0.3 is 15.2 Å². The van der Waals surface area contributed by atoms with Gasteiger partial charge in [0.05, 0.1) is 12.7 Å². The SMILES string of the molecule is CCOc1ccccc1C=CC(=O)NCCC(O)C(C)C. The molecule has 21 heavy (non-hydrogen) atoms. The fraction of sp³-hybridized carbons (Fsp3) is 0.471. The molecule has 116 valence electrons. The van der Waals surface area contributed by atoms with Gasteiger partial charge in [-0.3, -0.25) is 4.79 Å². The van der Waals surface area contributed by atoms with E-state index in [0.29, 0.717) is 19.6 Å². The summed E-state index contributed by atoms with van der Waals surface area (Å²) in [6, 6.07) is 7.58. The predicted octanol–water partition coefficient (Wildman–Crippen LogP) is 2.62. The second kappa shape index (κ2) is 9.19. The molecule has 4 nitrogen and oxygen atoms in total. The van der Waals surface area contributed by atoms with E-state index >= 15 is 0 Å². The molecule has 0 aliphatic rings. The molecule has 0 spiro atoms. The molecule has 0 aromatic heterocycles. The van der Waals surface area contributed by atoms with E-state index in [1.165, 1.54) is 6.08 Å². The van der Waals surface area contributed by atoms with Gasteiger partial charge in [0.1, 0.15) is 5.75 Å². The van der Waals surface area contributed by atoms with Crippen molar-refractivity contribution < 1.29 is 14.6 Å². The molecule has 1 amide bonds. The molecule has 0 radical (unpaired) electrons. The predicted molar refractivity (Wildman–Crippen MR) is 85.1 cm³/mol. The number of rotatable bonds is 8. The van der Waals surface area contributed by atoms with Crippen LogP contribution >= 0.6 is 0 Å². The summed E-state index contributed by atoms with van der Waals surface area (Å²) in [5, 5.41) is 12.4. The minimum Gasteiger partial charge on any atom is -0.493 e. The number of hydrogen-bond donors (Lipinski definition) is 2. The molecule has 0 aliphatic heterocycles. The van der Waals surface area contributed by atoms with Gasteiger partial charge in [0.2, 0.25) is 5.91 Å². The highest BCUT2D eigenvalue weighted by Crippen LogP contribution is 2.19. The third kappa shape index (κ3) is 6.45. The molecular formula is C17H25NO3. The van der Waals surface area contributed by atoms with Crippen molar-refractivity contribution in [2.45, 2.75) is 33.3 Å². The van der Waals surface area contributed by atoms with E-state index in [0.717, 1.165) is 11.3 Å². The van der Waals surface area contributed by atoms with Gasteiger partial charge in [-0.15, -0.1) is 0 Å². The van der Waals surface area contributed by atoms with Crippen LogP contribution in [0.2, 0.25) is 0 Å². The third-order valence-corrected chi connectivity index (χ3v) is 3.14. The van der Waals surface area contributed by atoms with E-state index in [2.05, 4.69) is 5.32 Å². The number of carbonyl (C=O) groups excluding carboxylic acids is 1. The quantitative estimate of drug-likeness (QED) is 0.724. The molecule has 0 aliphatic carbocycles. The van der Waals surface area contributed by atoms with Crippen molar-refractivity contribution in [1.82, 2.24) is 5.32 Å². The van der Waals surface area contributed by atoms with Gasteiger partial charge in [-0.2, -0.15) is 0 Å². The van der Waals surface area contributed by atoms with Crippen molar-refractivity contribution in [3.63, 3.8) is 0 Å². The highest BCUT2D eigenvalue weighted by atomic mass is 16.5. The largest absolute Gasteiger partial charge is 0.493 e. The molecule has 2 N–H and O–H groups in total. The Morgan fingerprint density at radius 1 is 1.38 bits per heavy atom. The first-order chi connectivity index (χ1) is 10.0. The van der Waals surface area contributed by atoms with Gasteiger partial charge in [0, 0.05) is 18.2 Å². The molecule has 1 unspecified atom stereocenters. The van der Waals surface area contributed by atoms with E-state index < -0.39 is 0 Å². The third-order valence-electron chi connectivity index (χ3n) is 3.14. The van der Waals surface area contributed by atoms with Crippen molar-refractivity contribution in [1.29, 1.82) is 0 Å². The van der Waals surface area contributed by atoms with Gasteiger partial charge in [-0.1, -0.05) is 32.0 Å². The molecule has 0 heterocycles. The number of nitrogens with one attached hydrogen (secondary N) is 1. The smallest absolute Gasteiger partial charge is 0.244 e. The maximum absolute atomic E-state index is 11.7. The Hall–Kier alpha value is -1.81. The summed E-state index contributed by atoms with van der Waals surface area (Å²) >= 11 is 0. The minimum absolute atomic E-state index is 0.169. The minimum atomic E-state index is -0.382. The second-order valence-electron chi connectivity index (χ2n) is 5.20. The van der Waals surface area contributed by atoms with Crippen LogP contribution in [0.5, 0.6) is 5.75 Å². The summed E-state index contributed by atoms with van der Waals surface area (Å²) in [7, 11) is 0. The molecule has 4 heteroatoms. The molecule has 1 aromatic rings. The number of hydrogen-bond acceptors (Lipinski definition) is 3. The lowest BCUT2D eigenvalue weighted by Gasteiger charge is -2.13. The second-order valence-corrected chi connectivity index (χ2v) is 5.20. The Labute approximate surface area is 126 Å². The van der Waals surface area contributed by atoms with Crippen LogP contribution in [0.15, 0.2) is 30.3 Å². The van der Waals surface area contributed by atoms with Crippen molar-refractivity contribution in [2.24, 2.45) is 5.92 Å². The van der Waals surface area contributed by atoms with Gasteiger partial charge in [-0.25, -0.2) is 0 Å². The lowest BCUT2D eigenvalue weighted by molar-refractivity contribution is -0.116. The van der Waals surface area contributed by atoms with Crippen LogP contribution in [0.3, 0.4) is 0 Å². The average Bonchev–Trinajstić information content (AvgIpc) is 2.46. The van der Waals surface area contributed by atoms with E-state index in [1.807, 2.05) is 45.0 Å². The molecule has 1 rings (SSSR count). The Balaban J connectivity index is 2.47. The summed E-state index contributed by atoms with van der Waals surface area (Å²) in [6.07, 6.45) is 3.40. The van der Waals surface area contributed by atoms with Gasteiger partial charge in [-0.05, 0) is 31.4 Å². The number of aliphatic hydroxyl groups is 1. The number of aliphatic hydroxyl groups excluding tert-OH is 1. The van der Waals surface area contributed by atoms with Crippen LogP contribution in [-0.4, -0.2) is 30.3 Å². The van der Waals surface area contributed by atoms with Gasteiger partial charge in [0.15, 0.2) is 0 Å². The van der Waals surface area contributed by atoms with Crippen molar-refractivity contribution >= 4 is 12.0 Å². The maximum Gasteiger partial charge on any atom is 0.244 e. The maximum atomic E-state index is 11.7. The number of amides is 1. The molecule has 0 saturated carbocycles. The van der Waals surface area contributed by atoms with Crippen molar-refractivity contribution in [3.05, 3.63) is 35.9 Å². The normalized spacial score (nSPS) is 12.6. The highest BCUT2D eigenvalue weighted by Gasteiger charge is 2.08. The van der Waals surface area contributed by atoms with E-state index in [4.69, 9.17) is 4.74 Å². The molecular weight excluding hydrogens is 266 g/mol. The summed E-state index contributed by atoms with van der Waals surface area (Å²) in [5.41, 5.74) is 0.872. The van der Waals surface area contributed by atoms with E-state index in [-0.39, 0.29) is 17.9 Å². The standard InChI is InChI=1S/C17H25NO3/c1-4-21-16-8-6-5-7-14(16)9-10-17(20)18-12-11-15(19)13(2)3/h5-10,13,15,19H,4,11-12H2,1-3H3,(H,18,20). The number of carbonyl (C=O) groups is 1. The zero-order chi connectivity index (χ0) is 15.7. The van der Waals surface area contributed by atoms with Crippen LogP contribution in [0, 0.1) is 5.92 Å². The van der Waals surface area contributed by atoms with Crippen LogP contribution in [0.4, 0.5) is 0 Å². The van der Waals surface area contributed by atoms with Crippen LogP contribution < -0.4 is 10.1 Å². The molecule has 0 fully saturated rings. The monoisotopic (exact) mass is 291 g/mol. The first-order valence-electron chi connectivity index (χ1n) is 7.40. The van der Waals surface area contributed by atoms with E-state index in [9.17, 15) is 9.90 Å². The Bertz CT molecular complexity index is 469.